The zero-order chi connectivity index (χ0) is 18.6. The number of nitrogens with two attached hydrogens (primary N) is 1. The van der Waals surface area contributed by atoms with Gasteiger partial charge >= 0.3 is 6.18 Å². The number of halogens is 5. The summed E-state index contributed by atoms with van der Waals surface area (Å²) in [7, 11) is 0. The molecule has 1 aliphatic heterocycles. The Bertz CT molecular complexity index is 567. The van der Waals surface area contributed by atoms with Crippen molar-refractivity contribution in [2.24, 2.45) is 17.6 Å². The summed E-state index contributed by atoms with van der Waals surface area (Å²) < 4.78 is 38.5. The first-order chi connectivity index (χ1) is 12.4. The summed E-state index contributed by atoms with van der Waals surface area (Å²) in [5, 5.41) is 0. The number of piperidine rings is 1. The lowest BCUT2D eigenvalue weighted by Crippen LogP contribution is -2.36. The van der Waals surface area contributed by atoms with Crippen molar-refractivity contribution in [3.63, 3.8) is 0 Å². The number of hydrogen-bond donors (Lipinski definition) is 1. The molecule has 0 bridgehead atoms. The molecule has 7 heteroatoms. The zero-order valence-corrected chi connectivity index (χ0v) is 17.9. The molecular formula is C21H33Cl2F3N2. The third-order valence-corrected chi connectivity index (χ3v) is 6.23. The molecular weight excluding hydrogens is 408 g/mol. The van der Waals surface area contributed by atoms with Crippen LogP contribution in [0.4, 0.5) is 13.2 Å². The average Bonchev–Trinajstić information content (AvgIpc) is 2.62. The quantitative estimate of drug-likeness (QED) is 0.634. The number of likely N-dealkylation sites (tertiary alicyclic amines) is 1. The Kier molecular flexibility index (Phi) is 10.6. The van der Waals surface area contributed by atoms with E-state index >= 15 is 0 Å². The molecule has 1 saturated carbocycles. The van der Waals surface area contributed by atoms with Crippen molar-refractivity contribution in [3.05, 3.63) is 35.4 Å². The first kappa shape index (κ1) is 25.5. The summed E-state index contributed by atoms with van der Waals surface area (Å²) in [4.78, 5) is 2.54. The van der Waals surface area contributed by atoms with Gasteiger partial charge in [0.1, 0.15) is 0 Å². The maximum absolute atomic E-state index is 12.8. The molecule has 0 amide bonds. The van der Waals surface area contributed by atoms with Crippen molar-refractivity contribution in [3.8, 4) is 0 Å². The fraction of sp³-hybridized carbons (Fsp3) is 0.714. The third kappa shape index (κ3) is 7.74. The summed E-state index contributed by atoms with van der Waals surface area (Å²) in [6.45, 7) is 3.32. The number of benzene rings is 1. The van der Waals surface area contributed by atoms with Crippen molar-refractivity contribution >= 4 is 24.8 Å². The van der Waals surface area contributed by atoms with Crippen LogP contribution in [0.3, 0.4) is 0 Å². The summed E-state index contributed by atoms with van der Waals surface area (Å²) in [5.74, 6) is 1.33. The van der Waals surface area contributed by atoms with Crippen LogP contribution >= 0.6 is 24.8 Å². The lowest BCUT2D eigenvalue weighted by molar-refractivity contribution is -0.137. The van der Waals surface area contributed by atoms with Gasteiger partial charge in [-0.2, -0.15) is 13.2 Å². The van der Waals surface area contributed by atoms with E-state index in [0.29, 0.717) is 12.0 Å². The van der Waals surface area contributed by atoms with Gasteiger partial charge in [-0.3, -0.25) is 0 Å². The van der Waals surface area contributed by atoms with Crippen LogP contribution in [0.2, 0.25) is 0 Å². The second-order valence-corrected chi connectivity index (χ2v) is 8.26. The van der Waals surface area contributed by atoms with Crippen LogP contribution in [-0.2, 0) is 12.6 Å². The van der Waals surface area contributed by atoms with E-state index in [0.717, 1.165) is 56.4 Å². The normalized spacial score (nSPS) is 24.3. The van der Waals surface area contributed by atoms with Crippen LogP contribution in [0.1, 0.15) is 56.1 Å². The average molecular weight is 441 g/mol. The fourth-order valence-corrected chi connectivity index (χ4v) is 4.46. The first-order valence-electron chi connectivity index (χ1n) is 10.0. The minimum Gasteiger partial charge on any atom is -0.328 e. The van der Waals surface area contributed by atoms with E-state index in [1.165, 1.54) is 44.2 Å². The molecule has 0 atom stereocenters. The molecule has 28 heavy (non-hydrogen) atoms. The van der Waals surface area contributed by atoms with Crippen molar-refractivity contribution in [1.82, 2.24) is 4.90 Å². The molecule has 0 radical (unpaired) electrons. The zero-order valence-electron chi connectivity index (χ0n) is 16.3. The highest BCUT2D eigenvalue weighted by Crippen LogP contribution is 2.31. The number of nitrogens with zero attached hydrogens (tertiary/aromatic N) is 1. The minimum absolute atomic E-state index is 0. The monoisotopic (exact) mass is 440 g/mol. The molecule has 1 aromatic carbocycles. The standard InChI is InChI=1S/C21H31F3N2.2ClH/c22-21(23,24)19-3-1-2-18(15-19)14-17-9-12-26(13-10-17)11-8-16-4-6-20(25)7-5-16;;/h1-3,15-17,20H,4-14,25H2;2*1H. The van der Waals surface area contributed by atoms with Crippen LogP contribution in [-0.4, -0.2) is 30.6 Å². The molecule has 1 saturated heterocycles. The topological polar surface area (TPSA) is 29.3 Å². The summed E-state index contributed by atoms with van der Waals surface area (Å²) in [5.41, 5.74) is 6.26. The lowest BCUT2D eigenvalue weighted by atomic mass is 9.84. The Morgan fingerprint density at radius 2 is 1.57 bits per heavy atom. The lowest BCUT2D eigenvalue weighted by Gasteiger charge is -2.34. The second kappa shape index (κ2) is 11.6. The molecule has 162 valence electrons. The first-order valence-corrected chi connectivity index (χ1v) is 10.0. The van der Waals surface area contributed by atoms with E-state index in [4.69, 9.17) is 5.73 Å². The van der Waals surface area contributed by atoms with Gasteiger partial charge in [-0.15, -0.1) is 24.8 Å². The molecule has 0 aromatic heterocycles. The van der Waals surface area contributed by atoms with Crippen molar-refractivity contribution in [1.29, 1.82) is 0 Å². The number of hydrogen-bond acceptors (Lipinski definition) is 2. The van der Waals surface area contributed by atoms with Crippen LogP contribution in [0.5, 0.6) is 0 Å². The van der Waals surface area contributed by atoms with Gasteiger partial charge in [0.2, 0.25) is 0 Å². The Morgan fingerprint density at radius 1 is 0.929 bits per heavy atom. The van der Waals surface area contributed by atoms with Crippen LogP contribution in [0.15, 0.2) is 24.3 Å². The fourth-order valence-electron chi connectivity index (χ4n) is 4.46. The molecule has 2 nitrogen and oxygen atoms in total. The van der Waals surface area contributed by atoms with Crippen LogP contribution in [0, 0.1) is 11.8 Å². The second-order valence-electron chi connectivity index (χ2n) is 8.26. The number of alkyl halides is 3. The Labute approximate surface area is 179 Å². The molecule has 1 aliphatic carbocycles. The van der Waals surface area contributed by atoms with E-state index in [-0.39, 0.29) is 24.8 Å². The number of rotatable bonds is 5. The predicted octanol–water partition coefficient (Wildman–Crippen LogP) is 5.71. The maximum Gasteiger partial charge on any atom is 0.416 e. The van der Waals surface area contributed by atoms with Gasteiger partial charge in [-0.25, -0.2) is 0 Å². The van der Waals surface area contributed by atoms with Gasteiger partial charge in [0.15, 0.2) is 0 Å². The molecule has 2 fully saturated rings. The maximum atomic E-state index is 12.8. The molecule has 0 spiro atoms. The highest BCUT2D eigenvalue weighted by atomic mass is 35.5. The van der Waals surface area contributed by atoms with E-state index < -0.39 is 11.7 Å². The smallest absolute Gasteiger partial charge is 0.328 e. The molecule has 1 heterocycles. The van der Waals surface area contributed by atoms with Gasteiger partial charge < -0.3 is 10.6 Å². The van der Waals surface area contributed by atoms with Crippen molar-refractivity contribution in [2.45, 2.75) is 63.6 Å². The highest BCUT2D eigenvalue weighted by Gasteiger charge is 2.30. The molecule has 3 rings (SSSR count). The molecule has 0 unspecified atom stereocenters. The Morgan fingerprint density at radius 3 is 2.18 bits per heavy atom. The molecule has 2 aliphatic rings. The third-order valence-electron chi connectivity index (χ3n) is 6.23. The Hall–Kier alpha value is -0.490. The van der Waals surface area contributed by atoms with E-state index in [2.05, 4.69) is 4.90 Å². The van der Waals surface area contributed by atoms with Gasteiger partial charge in [0, 0.05) is 6.04 Å². The van der Waals surface area contributed by atoms with Crippen LogP contribution < -0.4 is 5.73 Å². The van der Waals surface area contributed by atoms with E-state index in [1.807, 2.05) is 6.07 Å². The van der Waals surface area contributed by atoms with E-state index in [9.17, 15) is 13.2 Å². The predicted molar refractivity (Wildman–Crippen MR) is 113 cm³/mol. The summed E-state index contributed by atoms with van der Waals surface area (Å²) in [6, 6.07) is 6.25. The largest absolute Gasteiger partial charge is 0.416 e. The molecule has 1 aromatic rings. The van der Waals surface area contributed by atoms with Gasteiger partial charge in [0.05, 0.1) is 5.56 Å². The minimum atomic E-state index is -4.25. The summed E-state index contributed by atoms with van der Waals surface area (Å²) >= 11 is 0. The highest BCUT2D eigenvalue weighted by molar-refractivity contribution is 5.85. The Balaban J connectivity index is 0.00000196. The van der Waals surface area contributed by atoms with Gasteiger partial charge in [0.25, 0.3) is 0 Å². The van der Waals surface area contributed by atoms with Crippen LogP contribution in [0.25, 0.3) is 0 Å². The SMILES string of the molecule is Cl.Cl.NC1CCC(CCN2CCC(Cc3cccc(C(F)(F)F)c3)CC2)CC1. The van der Waals surface area contributed by atoms with Gasteiger partial charge in [-0.05, 0) is 94.5 Å². The van der Waals surface area contributed by atoms with Gasteiger partial charge in [-0.1, -0.05) is 18.2 Å². The summed E-state index contributed by atoms with van der Waals surface area (Å²) in [6.07, 6.45) is 4.84. The molecule has 2 N–H and O–H groups in total. The van der Waals surface area contributed by atoms with Crippen molar-refractivity contribution in [2.75, 3.05) is 19.6 Å². The van der Waals surface area contributed by atoms with E-state index in [1.54, 1.807) is 0 Å². The van der Waals surface area contributed by atoms with Crippen molar-refractivity contribution < 1.29 is 13.2 Å².